The van der Waals surface area contributed by atoms with Crippen LogP contribution in [0.4, 0.5) is 4.79 Å². The maximum atomic E-state index is 10.3. The molecule has 86 valence electrons. The van der Waals surface area contributed by atoms with Crippen LogP contribution in [0.15, 0.2) is 30.3 Å². The quantitative estimate of drug-likeness (QED) is 0.714. The van der Waals surface area contributed by atoms with Gasteiger partial charge in [0, 0.05) is 6.54 Å². The van der Waals surface area contributed by atoms with E-state index in [0.717, 1.165) is 5.56 Å². The van der Waals surface area contributed by atoms with Crippen LogP contribution in [-0.4, -0.2) is 20.1 Å². The normalized spacial score (nSPS) is 7.87. The van der Waals surface area contributed by atoms with Crippen molar-refractivity contribution in [1.29, 1.82) is 0 Å². The first-order valence-corrected chi connectivity index (χ1v) is 4.36. The maximum Gasteiger partial charge on any atom is 0.312 e. The number of hydrogen-bond acceptors (Lipinski definition) is 2. The molecule has 0 aromatic heterocycles. The highest BCUT2D eigenvalue weighted by atomic mass is 35.5. The van der Waals surface area contributed by atoms with Crippen LogP contribution in [0.2, 0.25) is 0 Å². The predicted molar refractivity (Wildman–Crippen MR) is 65.1 cm³/mol. The van der Waals surface area contributed by atoms with Crippen LogP contribution >= 0.6 is 12.4 Å². The van der Waals surface area contributed by atoms with Gasteiger partial charge in [0.05, 0.1) is 0 Å². The second kappa shape index (κ2) is 10.8. The van der Waals surface area contributed by atoms with E-state index in [0.29, 0.717) is 6.54 Å². The number of carbonyl (C=O) groups is 1. The average Bonchev–Trinajstić information content (AvgIpc) is 2.18. The zero-order valence-corrected chi connectivity index (χ0v) is 9.80. The molecule has 5 heteroatoms. The molecule has 2 amide bonds. The molecular weight excluding hydrogens is 214 g/mol. The summed E-state index contributed by atoms with van der Waals surface area (Å²) in [6, 6.07) is 9.12. The lowest BCUT2D eigenvalue weighted by atomic mass is 10.2. The number of hydrogen-bond donors (Lipinski definition) is 3. The average molecular weight is 232 g/mol. The highest BCUT2D eigenvalue weighted by Gasteiger charge is 1.91. The van der Waals surface area contributed by atoms with Gasteiger partial charge in [-0.2, -0.15) is 0 Å². The first-order valence-electron chi connectivity index (χ1n) is 4.36. The molecule has 1 rings (SSSR count). The Morgan fingerprint density at radius 3 is 2.13 bits per heavy atom. The molecule has 0 aliphatic carbocycles. The molecular formula is C10H18ClN3O. The lowest BCUT2D eigenvalue weighted by Crippen LogP contribution is -2.28. The van der Waals surface area contributed by atoms with Gasteiger partial charge in [0.15, 0.2) is 0 Å². The summed E-state index contributed by atoms with van der Waals surface area (Å²) in [7, 11) is 3.75. The standard InChI is InChI=1S/C8H10N2O.C2H7N.ClH/c9-8(11)10-6-7-4-2-1-3-5-7;1-3-2;/h1-5H,6H2,(H3,9,10,11);3H,1-2H3;1H. The molecule has 0 atom stereocenters. The number of amides is 2. The zero-order chi connectivity index (χ0) is 10.8. The molecule has 4 nitrogen and oxygen atoms in total. The fourth-order valence-electron chi connectivity index (χ4n) is 0.785. The molecule has 15 heavy (non-hydrogen) atoms. The predicted octanol–water partition coefficient (Wildman–Crippen LogP) is 1.11. The number of benzene rings is 1. The van der Waals surface area contributed by atoms with Crippen molar-refractivity contribution >= 4 is 18.4 Å². The second-order valence-corrected chi connectivity index (χ2v) is 2.70. The Morgan fingerprint density at radius 1 is 1.27 bits per heavy atom. The number of nitrogens with two attached hydrogens (primary N) is 1. The lowest BCUT2D eigenvalue weighted by Gasteiger charge is -1.99. The maximum absolute atomic E-state index is 10.3. The fraction of sp³-hybridized carbons (Fsp3) is 0.300. The number of nitrogens with one attached hydrogen (secondary N) is 2. The van der Waals surface area contributed by atoms with Gasteiger partial charge in [-0.3, -0.25) is 0 Å². The molecule has 1 aromatic rings. The van der Waals surface area contributed by atoms with E-state index in [1.165, 1.54) is 0 Å². The summed E-state index contributed by atoms with van der Waals surface area (Å²) < 4.78 is 0. The van der Waals surface area contributed by atoms with E-state index in [1.807, 2.05) is 44.4 Å². The Kier molecular flexibility index (Phi) is 11.7. The minimum atomic E-state index is -0.492. The number of primary amides is 1. The van der Waals surface area contributed by atoms with E-state index < -0.39 is 6.03 Å². The molecule has 4 N–H and O–H groups in total. The van der Waals surface area contributed by atoms with E-state index in [-0.39, 0.29) is 12.4 Å². The summed E-state index contributed by atoms with van der Waals surface area (Å²) in [6.45, 7) is 0.496. The van der Waals surface area contributed by atoms with Crippen molar-refractivity contribution in [2.75, 3.05) is 14.1 Å². The molecule has 0 radical (unpaired) electrons. The molecule has 0 heterocycles. The van der Waals surface area contributed by atoms with E-state index in [4.69, 9.17) is 5.73 Å². The Bertz CT molecular complexity index is 254. The number of rotatable bonds is 2. The fourth-order valence-corrected chi connectivity index (χ4v) is 0.785. The number of urea groups is 1. The molecule has 0 aliphatic rings. The molecule has 0 unspecified atom stereocenters. The van der Waals surface area contributed by atoms with E-state index in [1.54, 1.807) is 0 Å². The Labute approximate surface area is 96.7 Å². The molecule has 0 saturated carbocycles. The summed E-state index contributed by atoms with van der Waals surface area (Å²) in [5.74, 6) is 0. The molecule has 0 fully saturated rings. The SMILES string of the molecule is CNC.Cl.NC(=O)NCc1ccccc1. The molecule has 0 aliphatic heterocycles. The van der Waals surface area contributed by atoms with Crippen LogP contribution in [0.25, 0.3) is 0 Å². The van der Waals surface area contributed by atoms with Gasteiger partial charge in [0.1, 0.15) is 0 Å². The van der Waals surface area contributed by atoms with E-state index in [2.05, 4.69) is 10.6 Å². The van der Waals surface area contributed by atoms with Gasteiger partial charge in [-0.05, 0) is 19.7 Å². The Morgan fingerprint density at radius 2 is 1.73 bits per heavy atom. The molecule has 1 aromatic carbocycles. The van der Waals surface area contributed by atoms with Crippen LogP contribution in [0.5, 0.6) is 0 Å². The molecule has 0 spiro atoms. The van der Waals surface area contributed by atoms with Crippen molar-refractivity contribution in [2.24, 2.45) is 5.73 Å². The monoisotopic (exact) mass is 231 g/mol. The van der Waals surface area contributed by atoms with Crippen LogP contribution < -0.4 is 16.4 Å². The van der Waals surface area contributed by atoms with Gasteiger partial charge in [0.2, 0.25) is 0 Å². The third kappa shape index (κ3) is 10.7. The second-order valence-electron chi connectivity index (χ2n) is 2.70. The van der Waals surface area contributed by atoms with Crippen LogP contribution in [0, 0.1) is 0 Å². The van der Waals surface area contributed by atoms with Gasteiger partial charge >= 0.3 is 6.03 Å². The minimum Gasteiger partial charge on any atom is -0.352 e. The van der Waals surface area contributed by atoms with Crippen LogP contribution in [0.1, 0.15) is 5.56 Å². The first kappa shape index (κ1) is 16.2. The number of halogens is 1. The van der Waals surface area contributed by atoms with Gasteiger partial charge in [-0.25, -0.2) is 4.79 Å². The highest BCUT2D eigenvalue weighted by molar-refractivity contribution is 5.85. The first-order chi connectivity index (χ1) is 6.70. The lowest BCUT2D eigenvalue weighted by molar-refractivity contribution is 0.248. The topological polar surface area (TPSA) is 67.1 Å². The highest BCUT2D eigenvalue weighted by Crippen LogP contribution is 1.96. The third-order valence-electron chi connectivity index (χ3n) is 1.31. The molecule has 0 bridgehead atoms. The smallest absolute Gasteiger partial charge is 0.312 e. The van der Waals surface area contributed by atoms with E-state index in [9.17, 15) is 4.79 Å². The van der Waals surface area contributed by atoms with E-state index >= 15 is 0 Å². The van der Waals surface area contributed by atoms with Gasteiger partial charge in [-0.15, -0.1) is 12.4 Å². The summed E-state index contributed by atoms with van der Waals surface area (Å²) >= 11 is 0. The summed E-state index contributed by atoms with van der Waals surface area (Å²) in [5.41, 5.74) is 5.94. The molecule has 0 saturated heterocycles. The van der Waals surface area contributed by atoms with Crippen molar-refractivity contribution in [3.05, 3.63) is 35.9 Å². The van der Waals surface area contributed by atoms with Crippen molar-refractivity contribution in [3.8, 4) is 0 Å². The Balaban J connectivity index is 0. The van der Waals surface area contributed by atoms with Gasteiger partial charge in [0.25, 0.3) is 0 Å². The van der Waals surface area contributed by atoms with Crippen molar-refractivity contribution in [1.82, 2.24) is 10.6 Å². The number of carbonyl (C=O) groups excluding carboxylic acids is 1. The Hall–Kier alpha value is -1.26. The van der Waals surface area contributed by atoms with Gasteiger partial charge in [-0.1, -0.05) is 30.3 Å². The summed E-state index contributed by atoms with van der Waals surface area (Å²) in [6.07, 6.45) is 0. The van der Waals surface area contributed by atoms with Crippen LogP contribution in [-0.2, 0) is 6.54 Å². The zero-order valence-electron chi connectivity index (χ0n) is 8.99. The minimum absolute atomic E-state index is 0. The van der Waals surface area contributed by atoms with Crippen LogP contribution in [0.3, 0.4) is 0 Å². The summed E-state index contributed by atoms with van der Waals surface area (Å²) in [5, 5.41) is 5.25. The summed E-state index contributed by atoms with van der Waals surface area (Å²) in [4.78, 5) is 10.3. The third-order valence-corrected chi connectivity index (χ3v) is 1.31. The van der Waals surface area contributed by atoms with Crippen molar-refractivity contribution in [3.63, 3.8) is 0 Å². The van der Waals surface area contributed by atoms with Crippen molar-refractivity contribution < 1.29 is 4.79 Å². The largest absolute Gasteiger partial charge is 0.352 e. The van der Waals surface area contributed by atoms with Gasteiger partial charge < -0.3 is 16.4 Å². The van der Waals surface area contributed by atoms with Crippen molar-refractivity contribution in [2.45, 2.75) is 6.54 Å².